The number of carbonyl (C=O) groups is 1. The summed E-state index contributed by atoms with van der Waals surface area (Å²) in [6.45, 7) is 36.5. The van der Waals surface area contributed by atoms with Crippen LogP contribution in [-0.2, 0) is 0 Å². The number of terminal acetylenes is 1. The van der Waals surface area contributed by atoms with E-state index in [1.807, 2.05) is 52.0 Å². The molecule has 1 heterocycles. The van der Waals surface area contributed by atoms with E-state index in [-0.39, 0.29) is 5.78 Å². The topological polar surface area (TPSA) is 76.3 Å². The first-order valence-electron chi connectivity index (χ1n) is 18.2. The number of carbonyl (C=O) groups excluding carboxylic acids is 1. The number of nitrogens with one attached hydrogen (secondary N) is 3. The minimum atomic E-state index is 0.0850. The summed E-state index contributed by atoms with van der Waals surface area (Å²) in [6, 6.07) is 5.86. The van der Waals surface area contributed by atoms with Crippen LogP contribution in [-0.4, -0.2) is 71.7 Å². The minimum absolute atomic E-state index is 0.0850. The Morgan fingerprint density at radius 2 is 1.61 bits per heavy atom. The number of ketones is 1. The third kappa shape index (κ3) is 19.8. The average molecular weight is 675 g/mol. The fraction of sp³-hybridized carbons (Fsp3) is 0.524. The van der Waals surface area contributed by atoms with Crippen molar-refractivity contribution in [3.63, 3.8) is 0 Å². The van der Waals surface area contributed by atoms with Crippen LogP contribution in [0.15, 0.2) is 72.6 Å². The van der Waals surface area contributed by atoms with Gasteiger partial charge in [-0.05, 0) is 78.5 Å². The maximum absolute atomic E-state index is 11.9. The summed E-state index contributed by atoms with van der Waals surface area (Å²) < 4.78 is 0. The van der Waals surface area contributed by atoms with Gasteiger partial charge in [-0.1, -0.05) is 95.7 Å². The molecule has 3 rings (SSSR count). The number of aryl methyl sites for hydroxylation is 1. The lowest BCUT2D eigenvalue weighted by Crippen LogP contribution is -2.37. The van der Waals surface area contributed by atoms with Gasteiger partial charge in [0, 0.05) is 49.5 Å². The molecule has 7 nitrogen and oxygen atoms in total. The van der Waals surface area contributed by atoms with Crippen LogP contribution in [0.2, 0.25) is 0 Å². The Morgan fingerprint density at radius 1 is 0.939 bits per heavy atom. The van der Waals surface area contributed by atoms with Gasteiger partial charge in [-0.25, -0.2) is 5.01 Å². The molecule has 0 saturated heterocycles. The first kappa shape index (κ1) is 47.4. The van der Waals surface area contributed by atoms with Gasteiger partial charge in [-0.3, -0.25) is 9.89 Å². The number of aromatic amines is 1. The quantitative estimate of drug-likeness (QED) is 0.0410. The van der Waals surface area contributed by atoms with Crippen molar-refractivity contribution < 1.29 is 4.79 Å². The Balaban J connectivity index is 0. The molecule has 1 aromatic heterocycles. The maximum Gasteiger partial charge on any atom is 0.197 e. The lowest BCUT2D eigenvalue weighted by Gasteiger charge is -2.22. The predicted molar refractivity (Wildman–Crippen MR) is 216 cm³/mol. The van der Waals surface area contributed by atoms with Crippen LogP contribution in [0.5, 0.6) is 0 Å². The molecule has 2 aromatic rings. The molecule has 0 fully saturated rings. The SMILES string of the molecule is C#C.C=CCCN(CCC)NC(=C)C.CC.CCCNCCN(CC)CC/C(C)=C/C=C(/C)CC.Cc1cccc2c1C(=O)c1cn[nH]c1-2. The van der Waals surface area contributed by atoms with E-state index in [2.05, 4.69) is 111 Å². The number of hydrazine groups is 1. The van der Waals surface area contributed by atoms with Crippen molar-refractivity contribution in [2.24, 2.45) is 0 Å². The fourth-order valence-corrected chi connectivity index (χ4v) is 4.77. The summed E-state index contributed by atoms with van der Waals surface area (Å²) in [5.74, 6) is 0.0850. The van der Waals surface area contributed by atoms with E-state index in [0.717, 1.165) is 86.6 Å². The zero-order valence-corrected chi connectivity index (χ0v) is 32.8. The number of hydrogen-bond donors (Lipinski definition) is 3. The lowest BCUT2D eigenvalue weighted by molar-refractivity contribution is 0.104. The second kappa shape index (κ2) is 30.4. The standard InChI is InChI=1S/C17H34N2.C11H8N2O.C10H20N2.C2H6.C2H2/c1-6-12-18-13-15-19(8-3)14-11-17(5)10-9-16(4)7-2;1-6-3-2-4-7-9(6)11(14)8-5-12-13-10(7)8;1-5-7-9-12(8-6-2)11-10(3)4;2*1-2/h9-10,18H,6-8,11-15H2,1-5H3;2-5H,1H3,(H,12,13);5,11H,1,3,6-9H2,2,4H3;1-2H3;1-2H/b16-9-,17-10+;;;;. The zero-order valence-electron chi connectivity index (χ0n) is 32.8. The van der Waals surface area contributed by atoms with E-state index in [1.165, 1.54) is 30.5 Å². The Bertz CT molecular complexity index is 1270. The normalized spacial score (nSPS) is 11.4. The van der Waals surface area contributed by atoms with Crippen LogP contribution in [0.25, 0.3) is 11.3 Å². The molecule has 274 valence electrons. The fourth-order valence-electron chi connectivity index (χ4n) is 4.77. The summed E-state index contributed by atoms with van der Waals surface area (Å²) >= 11 is 0. The molecule has 1 aromatic carbocycles. The number of hydrogen-bond acceptors (Lipinski definition) is 6. The van der Waals surface area contributed by atoms with Gasteiger partial charge in [0.2, 0.25) is 0 Å². The second-order valence-electron chi connectivity index (χ2n) is 11.8. The van der Waals surface area contributed by atoms with E-state index in [0.29, 0.717) is 5.56 Å². The smallest absolute Gasteiger partial charge is 0.197 e. The number of likely N-dealkylation sites (N-methyl/N-ethyl adjacent to an activating group) is 1. The molecule has 3 N–H and O–H groups in total. The van der Waals surface area contributed by atoms with Crippen molar-refractivity contribution in [1.29, 1.82) is 0 Å². The number of nitrogens with zero attached hydrogens (tertiary/aromatic N) is 3. The van der Waals surface area contributed by atoms with Crippen molar-refractivity contribution in [1.82, 2.24) is 30.8 Å². The number of allylic oxidation sites excluding steroid dienone is 4. The highest BCUT2D eigenvalue weighted by molar-refractivity contribution is 6.21. The summed E-state index contributed by atoms with van der Waals surface area (Å²) in [7, 11) is 0. The van der Waals surface area contributed by atoms with Crippen molar-refractivity contribution in [3.8, 4) is 24.1 Å². The van der Waals surface area contributed by atoms with Gasteiger partial charge in [-0.2, -0.15) is 5.10 Å². The number of rotatable bonds is 18. The van der Waals surface area contributed by atoms with E-state index >= 15 is 0 Å². The summed E-state index contributed by atoms with van der Waals surface area (Å²) in [6.07, 6.45) is 21.8. The molecule has 0 spiro atoms. The Kier molecular flexibility index (Phi) is 29.4. The summed E-state index contributed by atoms with van der Waals surface area (Å²) in [4.78, 5) is 14.4. The van der Waals surface area contributed by atoms with Gasteiger partial charge in [0.25, 0.3) is 0 Å². The van der Waals surface area contributed by atoms with Crippen LogP contribution in [0, 0.1) is 19.8 Å². The van der Waals surface area contributed by atoms with E-state index in [1.54, 1.807) is 6.20 Å². The van der Waals surface area contributed by atoms with E-state index in [9.17, 15) is 4.79 Å². The largest absolute Gasteiger partial charge is 0.324 e. The molecule has 0 aliphatic heterocycles. The Hall–Kier alpha value is -3.70. The van der Waals surface area contributed by atoms with Crippen LogP contribution in [0.4, 0.5) is 0 Å². The Labute approximate surface area is 301 Å². The monoisotopic (exact) mass is 675 g/mol. The third-order valence-electron chi connectivity index (χ3n) is 7.61. The van der Waals surface area contributed by atoms with Gasteiger partial charge in [0.05, 0.1) is 17.5 Å². The number of fused-ring (bicyclic) bond motifs is 3. The highest BCUT2D eigenvalue weighted by Crippen LogP contribution is 2.36. The van der Waals surface area contributed by atoms with Crippen LogP contribution in [0.3, 0.4) is 0 Å². The van der Waals surface area contributed by atoms with Crippen molar-refractivity contribution in [2.75, 3.05) is 45.8 Å². The maximum atomic E-state index is 11.9. The van der Waals surface area contributed by atoms with Gasteiger partial charge < -0.3 is 15.6 Å². The number of H-pyrrole nitrogens is 1. The second-order valence-corrected chi connectivity index (χ2v) is 11.8. The minimum Gasteiger partial charge on any atom is -0.324 e. The highest BCUT2D eigenvalue weighted by Gasteiger charge is 2.29. The Morgan fingerprint density at radius 3 is 2.18 bits per heavy atom. The zero-order chi connectivity index (χ0) is 37.6. The molecule has 0 saturated carbocycles. The summed E-state index contributed by atoms with van der Waals surface area (Å²) in [5.41, 5.74) is 11.5. The number of aromatic nitrogens is 2. The molecular formula is C42H70N6O. The molecule has 0 amide bonds. The van der Waals surface area contributed by atoms with Gasteiger partial charge in [0.15, 0.2) is 5.78 Å². The first-order chi connectivity index (χ1) is 23.6. The van der Waals surface area contributed by atoms with Crippen LogP contribution >= 0.6 is 0 Å². The van der Waals surface area contributed by atoms with Crippen molar-refractivity contribution in [2.45, 2.75) is 101 Å². The molecule has 1 aliphatic carbocycles. The highest BCUT2D eigenvalue weighted by atomic mass is 16.1. The van der Waals surface area contributed by atoms with Crippen LogP contribution < -0.4 is 10.7 Å². The predicted octanol–water partition coefficient (Wildman–Crippen LogP) is 9.52. The molecule has 0 atom stereocenters. The molecular weight excluding hydrogens is 605 g/mol. The summed E-state index contributed by atoms with van der Waals surface area (Å²) in [5, 5.41) is 12.4. The van der Waals surface area contributed by atoms with Crippen molar-refractivity contribution >= 4 is 5.78 Å². The van der Waals surface area contributed by atoms with E-state index < -0.39 is 0 Å². The van der Waals surface area contributed by atoms with Crippen molar-refractivity contribution in [3.05, 3.63) is 89.3 Å². The molecule has 0 unspecified atom stereocenters. The van der Waals surface area contributed by atoms with Gasteiger partial charge in [-0.15, -0.1) is 19.4 Å². The number of benzene rings is 1. The molecule has 0 bridgehead atoms. The van der Waals surface area contributed by atoms with Gasteiger partial charge >= 0.3 is 0 Å². The molecule has 49 heavy (non-hydrogen) atoms. The lowest BCUT2D eigenvalue weighted by atomic mass is 10.0. The third-order valence-corrected chi connectivity index (χ3v) is 7.61. The van der Waals surface area contributed by atoms with Gasteiger partial charge in [0.1, 0.15) is 0 Å². The molecule has 1 aliphatic rings. The average Bonchev–Trinajstić information content (AvgIpc) is 3.71. The van der Waals surface area contributed by atoms with E-state index in [4.69, 9.17) is 0 Å². The first-order valence-corrected chi connectivity index (χ1v) is 18.2. The molecule has 7 heteroatoms. The molecule has 0 radical (unpaired) electrons. The van der Waals surface area contributed by atoms with Crippen LogP contribution in [0.1, 0.15) is 116 Å².